The fraction of sp³-hybridized carbons (Fsp3) is 1.00. The fourth-order valence-electron chi connectivity index (χ4n) is 1.95. The second kappa shape index (κ2) is 5.12. The molecule has 1 atom stereocenters. The maximum Gasteiger partial charge on any atom is 0.152 e. The summed E-state index contributed by atoms with van der Waals surface area (Å²) in [5.41, 5.74) is 0. The molecule has 1 saturated heterocycles. The lowest BCUT2D eigenvalue weighted by Gasteiger charge is -2.23. The molecule has 1 N–H and O–H groups in total. The van der Waals surface area contributed by atoms with E-state index < -0.39 is 9.84 Å². The van der Waals surface area contributed by atoms with E-state index in [1.165, 1.54) is 6.42 Å². The maximum absolute atomic E-state index is 11.7. The van der Waals surface area contributed by atoms with Crippen molar-refractivity contribution in [2.45, 2.75) is 39.2 Å². The van der Waals surface area contributed by atoms with Crippen LogP contribution in [0.15, 0.2) is 0 Å². The van der Waals surface area contributed by atoms with Gasteiger partial charge in [-0.25, -0.2) is 8.42 Å². The molecule has 0 aliphatic carbocycles. The molecule has 0 amide bonds. The number of sulfone groups is 1. The Labute approximate surface area is 87.2 Å². The molecule has 1 heterocycles. The van der Waals surface area contributed by atoms with Gasteiger partial charge in [0.25, 0.3) is 0 Å². The molecule has 0 aromatic heterocycles. The molecule has 1 aliphatic rings. The van der Waals surface area contributed by atoms with Gasteiger partial charge >= 0.3 is 0 Å². The molecule has 1 aliphatic heterocycles. The van der Waals surface area contributed by atoms with Crippen LogP contribution in [0.1, 0.15) is 33.1 Å². The molecule has 0 unspecified atom stereocenters. The molecule has 0 spiro atoms. The standard InChI is InChI=1S/C10H21NO2S/c1-9(2)7-14(12,13)8-10-5-3-4-6-11-10/h9-11H,3-8H2,1-2H3/t10-/m1/s1. The van der Waals surface area contributed by atoms with E-state index in [1.54, 1.807) is 0 Å². The molecule has 0 aromatic rings. The summed E-state index contributed by atoms with van der Waals surface area (Å²) in [6.45, 7) is 4.87. The zero-order valence-electron chi connectivity index (χ0n) is 9.12. The van der Waals surface area contributed by atoms with E-state index in [0.29, 0.717) is 11.5 Å². The Kier molecular flexibility index (Phi) is 4.38. The van der Waals surface area contributed by atoms with Gasteiger partial charge in [-0.1, -0.05) is 20.3 Å². The summed E-state index contributed by atoms with van der Waals surface area (Å²) in [7, 11) is -2.84. The van der Waals surface area contributed by atoms with Gasteiger partial charge in [-0.05, 0) is 25.3 Å². The summed E-state index contributed by atoms with van der Waals surface area (Å²) in [4.78, 5) is 0. The summed E-state index contributed by atoms with van der Waals surface area (Å²) < 4.78 is 23.3. The Hall–Kier alpha value is -0.0900. The maximum atomic E-state index is 11.7. The molecule has 1 fully saturated rings. The lowest BCUT2D eigenvalue weighted by molar-refractivity contribution is 0.423. The van der Waals surface area contributed by atoms with E-state index in [9.17, 15) is 8.42 Å². The zero-order chi connectivity index (χ0) is 10.6. The highest BCUT2D eigenvalue weighted by atomic mass is 32.2. The van der Waals surface area contributed by atoms with E-state index in [0.717, 1.165) is 19.4 Å². The summed E-state index contributed by atoms with van der Waals surface area (Å²) in [5.74, 6) is 0.889. The predicted molar refractivity (Wildman–Crippen MR) is 59.1 cm³/mol. The summed E-state index contributed by atoms with van der Waals surface area (Å²) in [6, 6.07) is 0.201. The van der Waals surface area contributed by atoms with Gasteiger partial charge in [0, 0.05) is 6.04 Å². The van der Waals surface area contributed by atoms with Crippen LogP contribution in [0.25, 0.3) is 0 Å². The SMILES string of the molecule is CC(C)CS(=O)(=O)C[C@H]1CCCCN1. The van der Waals surface area contributed by atoms with E-state index in [-0.39, 0.29) is 12.0 Å². The molecule has 84 valence electrons. The first-order chi connectivity index (χ1) is 6.49. The first-order valence-corrected chi connectivity index (χ1v) is 7.25. The van der Waals surface area contributed by atoms with Crippen LogP contribution in [0.3, 0.4) is 0 Å². The van der Waals surface area contributed by atoms with Crippen molar-refractivity contribution >= 4 is 9.84 Å². The smallest absolute Gasteiger partial charge is 0.152 e. The lowest BCUT2D eigenvalue weighted by atomic mass is 10.1. The predicted octanol–water partition coefficient (Wildman–Crippen LogP) is 1.20. The minimum absolute atomic E-state index is 0.201. The van der Waals surface area contributed by atoms with Crippen LogP contribution in [0, 0.1) is 5.92 Å². The third kappa shape index (κ3) is 4.42. The Morgan fingerprint density at radius 1 is 1.36 bits per heavy atom. The van der Waals surface area contributed by atoms with Crippen molar-refractivity contribution in [3.05, 3.63) is 0 Å². The second-order valence-electron chi connectivity index (χ2n) is 4.62. The van der Waals surface area contributed by atoms with E-state index in [4.69, 9.17) is 0 Å². The molecule has 0 bridgehead atoms. The number of piperidine rings is 1. The van der Waals surface area contributed by atoms with E-state index >= 15 is 0 Å². The van der Waals surface area contributed by atoms with Gasteiger partial charge in [-0.15, -0.1) is 0 Å². The van der Waals surface area contributed by atoms with Crippen molar-refractivity contribution in [1.29, 1.82) is 0 Å². The van der Waals surface area contributed by atoms with Gasteiger partial charge < -0.3 is 5.32 Å². The van der Waals surface area contributed by atoms with Crippen molar-refractivity contribution in [2.24, 2.45) is 5.92 Å². The molecule has 4 heteroatoms. The van der Waals surface area contributed by atoms with Crippen molar-refractivity contribution in [3.8, 4) is 0 Å². The van der Waals surface area contributed by atoms with Gasteiger partial charge in [0.15, 0.2) is 9.84 Å². The van der Waals surface area contributed by atoms with Crippen LogP contribution < -0.4 is 5.32 Å². The zero-order valence-corrected chi connectivity index (χ0v) is 9.94. The monoisotopic (exact) mass is 219 g/mol. The van der Waals surface area contributed by atoms with Crippen molar-refractivity contribution in [3.63, 3.8) is 0 Å². The Balaban J connectivity index is 2.41. The molecule has 0 aromatic carbocycles. The third-order valence-corrected chi connectivity index (χ3v) is 4.54. The largest absolute Gasteiger partial charge is 0.313 e. The Bertz CT molecular complexity index is 253. The topological polar surface area (TPSA) is 46.2 Å². The number of hydrogen-bond donors (Lipinski definition) is 1. The lowest BCUT2D eigenvalue weighted by Crippen LogP contribution is -2.40. The highest BCUT2D eigenvalue weighted by Gasteiger charge is 2.21. The van der Waals surface area contributed by atoms with Crippen molar-refractivity contribution in [1.82, 2.24) is 5.32 Å². The van der Waals surface area contributed by atoms with Gasteiger partial charge in [-0.3, -0.25) is 0 Å². The van der Waals surface area contributed by atoms with Crippen LogP contribution in [0.2, 0.25) is 0 Å². The molecule has 0 radical (unpaired) electrons. The Morgan fingerprint density at radius 2 is 2.07 bits per heavy atom. The van der Waals surface area contributed by atoms with Gasteiger partial charge in [-0.2, -0.15) is 0 Å². The minimum atomic E-state index is -2.84. The van der Waals surface area contributed by atoms with E-state index in [2.05, 4.69) is 5.32 Å². The number of rotatable bonds is 4. The first-order valence-electron chi connectivity index (χ1n) is 5.43. The van der Waals surface area contributed by atoms with Gasteiger partial charge in [0.05, 0.1) is 11.5 Å². The molecular weight excluding hydrogens is 198 g/mol. The Morgan fingerprint density at radius 3 is 2.57 bits per heavy atom. The van der Waals surface area contributed by atoms with Crippen molar-refractivity contribution < 1.29 is 8.42 Å². The molecule has 14 heavy (non-hydrogen) atoms. The quantitative estimate of drug-likeness (QED) is 0.773. The molecule has 1 rings (SSSR count). The minimum Gasteiger partial charge on any atom is -0.313 e. The normalized spacial score (nSPS) is 24.1. The fourth-order valence-corrected chi connectivity index (χ4v) is 4.00. The summed E-state index contributed by atoms with van der Waals surface area (Å²) in [6.07, 6.45) is 3.35. The molecule has 0 saturated carbocycles. The molecular formula is C10H21NO2S. The van der Waals surface area contributed by atoms with Gasteiger partial charge in [0.1, 0.15) is 0 Å². The number of hydrogen-bond acceptors (Lipinski definition) is 3. The highest BCUT2D eigenvalue weighted by Crippen LogP contribution is 2.11. The number of nitrogens with one attached hydrogen (secondary N) is 1. The first kappa shape index (κ1) is 12.0. The average molecular weight is 219 g/mol. The molecule has 3 nitrogen and oxygen atoms in total. The van der Waals surface area contributed by atoms with Gasteiger partial charge in [0.2, 0.25) is 0 Å². The van der Waals surface area contributed by atoms with E-state index in [1.807, 2.05) is 13.8 Å². The highest BCUT2D eigenvalue weighted by molar-refractivity contribution is 7.91. The van der Waals surface area contributed by atoms with Crippen LogP contribution >= 0.6 is 0 Å². The summed E-state index contributed by atoms with van der Waals surface area (Å²) in [5, 5.41) is 3.27. The van der Waals surface area contributed by atoms with Crippen LogP contribution in [0.4, 0.5) is 0 Å². The second-order valence-corrected chi connectivity index (χ2v) is 6.77. The van der Waals surface area contributed by atoms with Crippen LogP contribution in [-0.4, -0.2) is 32.5 Å². The summed E-state index contributed by atoms with van der Waals surface area (Å²) >= 11 is 0. The average Bonchev–Trinajstić information content (AvgIpc) is 2.02. The van der Waals surface area contributed by atoms with Crippen molar-refractivity contribution in [2.75, 3.05) is 18.1 Å². The van der Waals surface area contributed by atoms with Crippen LogP contribution in [0.5, 0.6) is 0 Å². The van der Waals surface area contributed by atoms with Crippen LogP contribution in [-0.2, 0) is 9.84 Å². The third-order valence-electron chi connectivity index (χ3n) is 2.45.